The second kappa shape index (κ2) is 5.68. The fourth-order valence-corrected chi connectivity index (χ4v) is 2.68. The van der Waals surface area contributed by atoms with Crippen molar-refractivity contribution < 1.29 is 0 Å². The van der Waals surface area contributed by atoms with Crippen LogP contribution < -0.4 is 11.2 Å². The van der Waals surface area contributed by atoms with E-state index >= 15 is 0 Å². The third-order valence-electron chi connectivity index (χ3n) is 2.61. The van der Waals surface area contributed by atoms with E-state index in [4.69, 9.17) is 23.2 Å². The van der Waals surface area contributed by atoms with E-state index in [0.717, 1.165) is 5.56 Å². The fraction of sp³-hybridized carbons (Fsp3) is 0.167. The molecule has 19 heavy (non-hydrogen) atoms. The van der Waals surface area contributed by atoms with Gasteiger partial charge in [-0.05, 0) is 40.3 Å². The van der Waals surface area contributed by atoms with Crippen LogP contribution in [0.4, 0.5) is 0 Å². The van der Waals surface area contributed by atoms with Crippen LogP contribution in [0.25, 0.3) is 0 Å². The molecule has 0 bridgehead atoms. The molecule has 0 radical (unpaired) electrons. The lowest BCUT2D eigenvalue weighted by Crippen LogP contribution is -2.40. The van der Waals surface area contributed by atoms with E-state index in [2.05, 4.69) is 0 Å². The fourth-order valence-electron chi connectivity index (χ4n) is 1.65. The molecule has 100 valence electrons. The first kappa shape index (κ1) is 14.6. The van der Waals surface area contributed by atoms with Crippen molar-refractivity contribution in [1.82, 2.24) is 9.13 Å². The van der Waals surface area contributed by atoms with Gasteiger partial charge in [0, 0.05) is 13.2 Å². The first-order chi connectivity index (χ1) is 8.90. The van der Waals surface area contributed by atoms with Gasteiger partial charge in [0.25, 0.3) is 5.56 Å². The Bertz CT molecular complexity index is 718. The number of nitrogens with zero attached hydrogens (tertiary/aromatic N) is 2. The third kappa shape index (κ3) is 3.04. The highest BCUT2D eigenvalue weighted by molar-refractivity contribution is 14.1. The standard InChI is InChI=1S/C12H9Cl2IN2O2/c1-16-6-10(15)11(18)17(12(16)19)5-7-2-3-8(13)9(14)4-7/h2-4,6H,5H2,1H3. The van der Waals surface area contributed by atoms with Gasteiger partial charge in [-0.15, -0.1) is 0 Å². The van der Waals surface area contributed by atoms with Crippen molar-refractivity contribution in [3.63, 3.8) is 0 Å². The molecule has 1 heterocycles. The minimum absolute atomic E-state index is 0.166. The molecular formula is C12H9Cl2IN2O2. The van der Waals surface area contributed by atoms with Crippen molar-refractivity contribution in [2.75, 3.05) is 0 Å². The summed E-state index contributed by atoms with van der Waals surface area (Å²) in [5.41, 5.74) is 0.0712. The van der Waals surface area contributed by atoms with Crippen LogP contribution >= 0.6 is 45.8 Å². The summed E-state index contributed by atoms with van der Waals surface area (Å²) in [6, 6.07) is 5.03. The Morgan fingerprint density at radius 2 is 1.89 bits per heavy atom. The van der Waals surface area contributed by atoms with E-state index < -0.39 is 0 Å². The molecule has 7 heteroatoms. The van der Waals surface area contributed by atoms with Crippen molar-refractivity contribution >= 4 is 45.8 Å². The van der Waals surface area contributed by atoms with Gasteiger partial charge in [0.05, 0.1) is 20.2 Å². The summed E-state index contributed by atoms with van der Waals surface area (Å²) in [6.45, 7) is 0.166. The van der Waals surface area contributed by atoms with Gasteiger partial charge in [0.15, 0.2) is 0 Å². The Morgan fingerprint density at radius 1 is 1.21 bits per heavy atom. The number of halogens is 3. The molecule has 0 aliphatic heterocycles. The molecule has 0 aliphatic carbocycles. The zero-order chi connectivity index (χ0) is 14.2. The quantitative estimate of drug-likeness (QED) is 0.714. The zero-order valence-corrected chi connectivity index (χ0v) is 13.5. The molecule has 2 rings (SSSR count). The summed E-state index contributed by atoms with van der Waals surface area (Å²) in [5, 5.41) is 0.836. The van der Waals surface area contributed by atoms with Gasteiger partial charge in [0.2, 0.25) is 0 Å². The molecule has 0 saturated carbocycles. The van der Waals surface area contributed by atoms with Crippen LogP contribution in [0.2, 0.25) is 10.0 Å². The van der Waals surface area contributed by atoms with E-state index in [1.807, 2.05) is 22.6 Å². The first-order valence-corrected chi connectivity index (χ1v) is 7.13. The molecule has 2 aromatic rings. The Hall–Kier alpha value is -0.790. The molecule has 4 nitrogen and oxygen atoms in total. The van der Waals surface area contributed by atoms with Gasteiger partial charge in [0.1, 0.15) is 0 Å². The van der Waals surface area contributed by atoms with Gasteiger partial charge in [-0.1, -0.05) is 29.3 Å². The van der Waals surface area contributed by atoms with Gasteiger partial charge < -0.3 is 4.57 Å². The minimum atomic E-state index is -0.364. The maximum Gasteiger partial charge on any atom is 0.331 e. The minimum Gasteiger partial charge on any atom is -0.302 e. The molecule has 1 aromatic carbocycles. The van der Waals surface area contributed by atoms with Crippen molar-refractivity contribution in [1.29, 1.82) is 0 Å². The largest absolute Gasteiger partial charge is 0.331 e. The summed E-state index contributed by atoms with van der Waals surface area (Å²) in [6.07, 6.45) is 1.51. The lowest BCUT2D eigenvalue weighted by atomic mass is 10.2. The Labute approximate surface area is 132 Å². The van der Waals surface area contributed by atoms with Gasteiger partial charge in [-0.25, -0.2) is 4.79 Å². The molecule has 1 aromatic heterocycles. The van der Waals surface area contributed by atoms with Crippen LogP contribution in [-0.2, 0) is 13.6 Å². The summed E-state index contributed by atoms with van der Waals surface area (Å²) in [5.74, 6) is 0. The molecule has 0 spiro atoms. The zero-order valence-electron chi connectivity index (χ0n) is 9.86. The Kier molecular flexibility index (Phi) is 4.37. The van der Waals surface area contributed by atoms with Crippen molar-refractivity contribution in [3.05, 3.63) is 64.4 Å². The van der Waals surface area contributed by atoms with Crippen LogP contribution in [0, 0.1) is 3.57 Å². The summed E-state index contributed by atoms with van der Waals surface area (Å²) < 4.78 is 3.03. The normalized spacial score (nSPS) is 10.7. The van der Waals surface area contributed by atoms with Gasteiger partial charge in [-0.3, -0.25) is 9.36 Å². The van der Waals surface area contributed by atoms with E-state index in [0.29, 0.717) is 13.6 Å². The average molecular weight is 411 g/mol. The monoisotopic (exact) mass is 410 g/mol. The highest BCUT2D eigenvalue weighted by Crippen LogP contribution is 2.22. The van der Waals surface area contributed by atoms with E-state index in [9.17, 15) is 9.59 Å². The van der Waals surface area contributed by atoms with Crippen LogP contribution in [-0.4, -0.2) is 9.13 Å². The van der Waals surface area contributed by atoms with E-state index in [1.165, 1.54) is 15.3 Å². The highest BCUT2D eigenvalue weighted by atomic mass is 127. The predicted octanol–water partition coefficient (Wildman–Crippen LogP) is 2.51. The third-order valence-corrected chi connectivity index (χ3v) is 4.09. The number of aryl methyl sites for hydroxylation is 1. The van der Waals surface area contributed by atoms with Crippen LogP contribution in [0.1, 0.15) is 5.56 Å². The van der Waals surface area contributed by atoms with Crippen molar-refractivity contribution in [2.45, 2.75) is 6.54 Å². The van der Waals surface area contributed by atoms with E-state index in [-0.39, 0.29) is 17.8 Å². The molecule has 0 aliphatic rings. The lowest BCUT2D eigenvalue weighted by molar-refractivity contribution is 0.634. The first-order valence-electron chi connectivity index (χ1n) is 5.30. The van der Waals surface area contributed by atoms with Gasteiger partial charge in [-0.2, -0.15) is 0 Å². The highest BCUT2D eigenvalue weighted by Gasteiger charge is 2.09. The topological polar surface area (TPSA) is 44.0 Å². The van der Waals surface area contributed by atoms with Crippen LogP contribution in [0.5, 0.6) is 0 Å². The van der Waals surface area contributed by atoms with Crippen LogP contribution in [0.15, 0.2) is 34.0 Å². The molecule has 0 atom stereocenters. The summed E-state index contributed by atoms with van der Waals surface area (Å²) >= 11 is 13.7. The van der Waals surface area contributed by atoms with Gasteiger partial charge >= 0.3 is 5.69 Å². The second-order valence-electron chi connectivity index (χ2n) is 4.01. The SMILES string of the molecule is Cn1cc(I)c(=O)n(Cc2ccc(Cl)c(Cl)c2)c1=O. The lowest BCUT2D eigenvalue weighted by Gasteiger charge is -2.08. The molecule has 0 unspecified atom stereocenters. The molecule has 0 amide bonds. The Balaban J connectivity index is 2.52. The average Bonchev–Trinajstić information content (AvgIpc) is 2.36. The predicted molar refractivity (Wildman–Crippen MR) is 84.2 cm³/mol. The van der Waals surface area contributed by atoms with Crippen molar-refractivity contribution in [2.24, 2.45) is 7.05 Å². The number of rotatable bonds is 2. The maximum absolute atomic E-state index is 12.0. The molecular weight excluding hydrogens is 402 g/mol. The molecule has 0 N–H and O–H groups in total. The number of hydrogen-bond acceptors (Lipinski definition) is 2. The molecule has 0 saturated heterocycles. The number of benzene rings is 1. The van der Waals surface area contributed by atoms with E-state index in [1.54, 1.807) is 25.2 Å². The maximum atomic E-state index is 12.0. The van der Waals surface area contributed by atoms with Crippen LogP contribution in [0.3, 0.4) is 0 Å². The Morgan fingerprint density at radius 3 is 2.53 bits per heavy atom. The van der Waals surface area contributed by atoms with Crippen molar-refractivity contribution in [3.8, 4) is 0 Å². The summed E-state index contributed by atoms with van der Waals surface area (Å²) in [7, 11) is 1.61. The molecule has 0 fully saturated rings. The smallest absolute Gasteiger partial charge is 0.302 e. The number of hydrogen-bond donors (Lipinski definition) is 0. The summed E-state index contributed by atoms with van der Waals surface area (Å²) in [4.78, 5) is 23.9. The number of aromatic nitrogens is 2. The second-order valence-corrected chi connectivity index (χ2v) is 5.99.